The maximum Gasteiger partial charge on any atom is 0.354 e. The van der Waals surface area contributed by atoms with E-state index in [4.69, 9.17) is 11.6 Å². The van der Waals surface area contributed by atoms with Gasteiger partial charge in [0.15, 0.2) is 5.69 Å². The highest BCUT2D eigenvalue weighted by Gasteiger charge is 2.27. The summed E-state index contributed by atoms with van der Waals surface area (Å²) in [5, 5.41) is 9.83. The molecule has 2 heterocycles. The first-order valence-corrected chi connectivity index (χ1v) is 5.60. The zero-order chi connectivity index (χ0) is 12.8. The Bertz CT molecular complexity index is 596. The lowest BCUT2D eigenvalue weighted by Crippen LogP contribution is -2.17. The van der Waals surface area contributed by atoms with E-state index in [2.05, 4.69) is 4.98 Å². The molecule has 4 nitrogen and oxygen atoms in total. The molecule has 0 fully saturated rings. The topological polar surface area (TPSA) is 54.6 Å². The van der Waals surface area contributed by atoms with Crippen LogP contribution < -0.4 is 0 Å². The summed E-state index contributed by atoms with van der Waals surface area (Å²) in [5.41, 5.74) is 0.989. The van der Waals surface area contributed by atoms with Crippen LogP contribution in [0.15, 0.2) is 18.3 Å². The Morgan fingerprint density at radius 2 is 2.12 bits per heavy atom. The molecule has 2 rings (SSSR count). The van der Waals surface area contributed by atoms with Crippen molar-refractivity contribution >= 4 is 23.2 Å². The number of fused-ring (bicyclic) bond motifs is 1. The zero-order valence-corrected chi connectivity index (χ0v) is 10.6. The van der Waals surface area contributed by atoms with Gasteiger partial charge in [0.1, 0.15) is 5.65 Å². The lowest BCUT2D eigenvalue weighted by Gasteiger charge is -2.16. The molecule has 5 heteroatoms. The van der Waals surface area contributed by atoms with Gasteiger partial charge >= 0.3 is 5.97 Å². The van der Waals surface area contributed by atoms with Gasteiger partial charge in [0.05, 0.1) is 5.69 Å². The molecule has 0 unspecified atom stereocenters. The summed E-state index contributed by atoms with van der Waals surface area (Å²) in [6, 6.07) is 3.30. The third-order valence-corrected chi connectivity index (χ3v) is 2.74. The summed E-state index contributed by atoms with van der Waals surface area (Å²) in [5.74, 6) is -0.982. The maximum atomic E-state index is 11.3. The summed E-state index contributed by atoms with van der Waals surface area (Å²) in [7, 11) is 0. The highest BCUT2D eigenvalue weighted by molar-refractivity contribution is 6.30. The van der Waals surface area contributed by atoms with E-state index in [1.54, 1.807) is 22.7 Å². The van der Waals surface area contributed by atoms with E-state index in [-0.39, 0.29) is 11.1 Å². The van der Waals surface area contributed by atoms with Crippen LogP contribution in [-0.4, -0.2) is 20.5 Å². The molecule has 2 aromatic heterocycles. The van der Waals surface area contributed by atoms with Gasteiger partial charge in [-0.25, -0.2) is 9.78 Å². The van der Waals surface area contributed by atoms with Gasteiger partial charge in [0.25, 0.3) is 0 Å². The van der Waals surface area contributed by atoms with E-state index < -0.39 is 5.97 Å². The second-order valence-corrected chi connectivity index (χ2v) is 5.37. The van der Waals surface area contributed by atoms with Crippen molar-refractivity contribution in [3.8, 4) is 0 Å². The number of pyridine rings is 1. The van der Waals surface area contributed by atoms with Crippen LogP contribution in [0.2, 0.25) is 5.02 Å². The van der Waals surface area contributed by atoms with Gasteiger partial charge in [0, 0.05) is 22.7 Å². The van der Waals surface area contributed by atoms with Crippen molar-refractivity contribution in [3.63, 3.8) is 0 Å². The van der Waals surface area contributed by atoms with Crippen molar-refractivity contribution < 1.29 is 9.90 Å². The molecule has 0 aliphatic heterocycles. The molecular weight excluding hydrogens is 240 g/mol. The summed E-state index contributed by atoms with van der Waals surface area (Å²) < 4.78 is 1.55. The molecule has 0 amide bonds. The lowest BCUT2D eigenvalue weighted by atomic mass is 9.91. The van der Waals surface area contributed by atoms with Crippen LogP contribution in [0.4, 0.5) is 0 Å². The average Bonchev–Trinajstić information content (AvgIpc) is 2.55. The number of carbonyl (C=O) groups is 1. The highest BCUT2D eigenvalue weighted by Crippen LogP contribution is 2.27. The molecule has 0 radical (unpaired) electrons. The van der Waals surface area contributed by atoms with Gasteiger partial charge in [-0.1, -0.05) is 32.4 Å². The van der Waals surface area contributed by atoms with Crippen LogP contribution in [0.3, 0.4) is 0 Å². The highest BCUT2D eigenvalue weighted by atomic mass is 35.5. The smallest absolute Gasteiger partial charge is 0.354 e. The van der Waals surface area contributed by atoms with Crippen molar-refractivity contribution in [1.29, 1.82) is 0 Å². The number of nitrogens with zero attached hydrogens (tertiary/aromatic N) is 2. The molecule has 2 aromatic rings. The molecule has 0 aromatic carbocycles. The Kier molecular flexibility index (Phi) is 2.62. The first-order valence-electron chi connectivity index (χ1n) is 5.22. The summed E-state index contributed by atoms with van der Waals surface area (Å²) in [4.78, 5) is 15.7. The van der Waals surface area contributed by atoms with E-state index in [1.165, 1.54) is 0 Å². The van der Waals surface area contributed by atoms with Crippen LogP contribution >= 0.6 is 11.6 Å². The van der Waals surface area contributed by atoms with Crippen molar-refractivity contribution in [2.24, 2.45) is 0 Å². The largest absolute Gasteiger partial charge is 0.477 e. The minimum Gasteiger partial charge on any atom is -0.477 e. The first-order chi connectivity index (χ1) is 7.80. The van der Waals surface area contributed by atoms with Crippen LogP contribution in [0.1, 0.15) is 37.0 Å². The van der Waals surface area contributed by atoms with E-state index in [1.807, 2.05) is 20.8 Å². The van der Waals surface area contributed by atoms with Crippen molar-refractivity contribution in [3.05, 3.63) is 34.7 Å². The Hall–Kier alpha value is -1.55. The van der Waals surface area contributed by atoms with Gasteiger partial charge in [-0.2, -0.15) is 0 Å². The van der Waals surface area contributed by atoms with Gasteiger partial charge in [-0.05, 0) is 6.07 Å². The Morgan fingerprint density at radius 1 is 1.47 bits per heavy atom. The number of aromatic carboxylic acids is 1. The fourth-order valence-electron chi connectivity index (χ4n) is 1.75. The fraction of sp³-hybridized carbons (Fsp3) is 0.333. The van der Waals surface area contributed by atoms with Gasteiger partial charge in [0.2, 0.25) is 0 Å². The number of hydrogen-bond acceptors (Lipinski definition) is 2. The molecular formula is C12H13ClN2O2. The van der Waals surface area contributed by atoms with Crippen molar-refractivity contribution in [1.82, 2.24) is 9.38 Å². The summed E-state index contributed by atoms with van der Waals surface area (Å²) in [6.07, 6.45) is 1.63. The van der Waals surface area contributed by atoms with Gasteiger partial charge in [-0.15, -0.1) is 0 Å². The van der Waals surface area contributed by atoms with E-state index in [0.717, 1.165) is 0 Å². The predicted octanol–water partition coefficient (Wildman–Crippen LogP) is 2.98. The quantitative estimate of drug-likeness (QED) is 0.849. The Balaban J connectivity index is 2.84. The third kappa shape index (κ3) is 2.00. The molecule has 0 saturated carbocycles. The third-order valence-electron chi connectivity index (χ3n) is 2.50. The number of imidazole rings is 1. The number of aromatic nitrogens is 2. The molecule has 0 bridgehead atoms. The number of carboxylic acids is 1. The molecule has 0 spiro atoms. The van der Waals surface area contributed by atoms with Gasteiger partial charge < -0.3 is 5.11 Å². The van der Waals surface area contributed by atoms with Crippen LogP contribution in [0.25, 0.3) is 5.65 Å². The fourth-order valence-corrected chi connectivity index (χ4v) is 1.90. The summed E-state index contributed by atoms with van der Waals surface area (Å²) in [6.45, 7) is 5.80. The van der Waals surface area contributed by atoms with E-state index in [0.29, 0.717) is 16.4 Å². The lowest BCUT2D eigenvalue weighted by molar-refractivity contribution is 0.0686. The summed E-state index contributed by atoms with van der Waals surface area (Å²) >= 11 is 5.87. The van der Waals surface area contributed by atoms with E-state index >= 15 is 0 Å². The van der Waals surface area contributed by atoms with Crippen molar-refractivity contribution in [2.45, 2.75) is 26.2 Å². The monoisotopic (exact) mass is 252 g/mol. The molecule has 0 saturated heterocycles. The van der Waals surface area contributed by atoms with Crippen LogP contribution in [0, 0.1) is 0 Å². The normalized spacial score (nSPS) is 12.0. The second-order valence-electron chi connectivity index (χ2n) is 4.94. The zero-order valence-electron chi connectivity index (χ0n) is 9.86. The average molecular weight is 253 g/mol. The molecule has 17 heavy (non-hydrogen) atoms. The molecule has 0 aliphatic carbocycles. The predicted molar refractivity (Wildman–Crippen MR) is 65.9 cm³/mol. The number of rotatable bonds is 1. The Labute approximate surface area is 104 Å². The first kappa shape index (κ1) is 11.9. The van der Waals surface area contributed by atoms with Crippen LogP contribution in [-0.2, 0) is 5.41 Å². The van der Waals surface area contributed by atoms with E-state index in [9.17, 15) is 9.90 Å². The van der Waals surface area contributed by atoms with Gasteiger partial charge in [-0.3, -0.25) is 4.40 Å². The SMILES string of the molecule is CC(C)(C)c1nc2cc(Cl)ccn2c1C(=O)O. The maximum absolute atomic E-state index is 11.3. The molecule has 0 atom stereocenters. The van der Waals surface area contributed by atoms with Crippen LogP contribution in [0.5, 0.6) is 0 Å². The minimum atomic E-state index is -0.982. The van der Waals surface area contributed by atoms with Crippen molar-refractivity contribution in [2.75, 3.05) is 0 Å². The Morgan fingerprint density at radius 3 is 2.65 bits per heavy atom. The number of carboxylic acid groups (broad SMARTS) is 1. The molecule has 1 N–H and O–H groups in total. The minimum absolute atomic E-state index is 0.198. The number of hydrogen-bond donors (Lipinski definition) is 1. The molecule has 90 valence electrons. The standard InChI is InChI=1S/C12H13ClN2O2/c1-12(2,3)10-9(11(16)17)15-5-4-7(13)6-8(15)14-10/h4-6H,1-3H3,(H,16,17). The second kappa shape index (κ2) is 3.74. The number of halogens is 1. The molecule has 0 aliphatic rings.